The number of hydrogen-bond donors (Lipinski definition) is 1. The second-order valence-corrected chi connectivity index (χ2v) is 4.14. The van der Waals surface area contributed by atoms with Crippen LogP contribution in [0, 0.1) is 5.92 Å². The van der Waals surface area contributed by atoms with Crippen molar-refractivity contribution in [1.82, 2.24) is 14.9 Å². The summed E-state index contributed by atoms with van der Waals surface area (Å²) in [6.07, 6.45) is 6.32. The lowest BCUT2D eigenvalue weighted by atomic mass is 10.1. The summed E-state index contributed by atoms with van der Waals surface area (Å²) < 4.78 is 0. The lowest BCUT2D eigenvalue weighted by Crippen LogP contribution is -2.25. The lowest BCUT2D eigenvalue weighted by Gasteiger charge is -2.23. The van der Waals surface area contributed by atoms with E-state index in [1.807, 2.05) is 6.20 Å². The first-order chi connectivity index (χ1) is 7.31. The molecule has 4 nitrogen and oxygen atoms in total. The molecule has 82 valence electrons. The van der Waals surface area contributed by atoms with E-state index >= 15 is 0 Å². The van der Waals surface area contributed by atoms with Crippen LogP contribution in [0.4, 0.5) is 0 Å². The van der Waals surface area contributed by atoms with E-state index in [-0.39, 0.29) is 0 Å². The molecular weight excluding hydrogens is 190 g/mol. The van der Waals surface area contributed by atoms with E-state index in [0.29, 0.717) is 18.6 Å². The Hall–Kier alpha value is -1.00. The molecule has 1 saturated heterocycles. The minimum Gasteiger partial charge on any atom is -0.396 e. The SMILES string of the molecule is C[C@H](c1cnccn1)N1CC[C@@H](CO)C1. The fourth-order valence-corrected chi connectivity index (χ4v) is 2.08. The van der Waals surface area contributed by atoms with Crippen LogP contribution in [0.1, 0.15) is 25.1 Å². The van der Waals surface area contributed by atoms with Gasteiger partial charge in [0.05, 0.1) is 11.7 Å². The van der Waals surface area contributed by atoms with Gasteiger partial charge in [-0.15, -0.1) is 0 Å². The zero-order valence-corrected chi connectivity index (χ0v) is 9.00. The molecule has 0 saturated carbocycles. The monoisotopic (exact) mass is 207 g/mol. The van der Waals surface area contributed by atoms with Gasteiger partial charge < -0.3 is 5.11 Å². The first kappa shape index (κ1) is 10.5. The fraction of sp³-hybridized carbons (Fsp3) is 0.636. The van der Waals surface area contributed by atoms with Crippen LogP contribution in [-0.4, -0.2) is 39.7 Å². The Morgan fingerprint density at radius 1 is 1.60 bits per heavy atom. The molecule has 0 aliphatic carbocycles. The van der Waals surface area contributed by atoms with Crippen molar-refractivity contribution in [3.05, 3.63) is 24.3 Å². The summed E-state index contributed by atoms with van der Waals surface area (Å²) in [4.78, 5) is 10.7. The minimum atomic E-state index is 0.295. The predicted molar refractivity (Wildman–Crippen MR) is 57.2 cm³/mol. The zero-order chi connectivity index (χ0) is 10.7. The number of aliphatic hydroxyl groups excluding tert-OH is 1. The van der Waals surface area contributed by atoms with Crippen LogP contribution in [0.15, 0.2) is 18.6 Å². The highest BCUT2D eigenvalue weighted by atomic mass is 16.3. The van der Waals surface area contributed by atoms with Crippen LogP contribution in [0.5, 0.6) is 0 Å². The van der Waals surface area contributed by atoms with Gasteiger partial charge >= 0.3 is 0 Å². The summed E-state index contributed by atoms with van der Waals surface area (Å²) in [6, 6.07) is 0.301. The molecule has 4 heteroatoms. The molecule has 1 aliphatic rings. The van der Waals surface area contributed by atoms with Crippen molar-refractivity contribution in [2.24, 2.45) is 5.92 Å². The third-order valence-electron chi connectivity index (χ3n) is 3.13. The zero-order valence-electron chi connectivity index (χ0n) is 9.00. The third kappa shape index (κ3) is 2.33. The molecule has 1 aliphatic heterocycles. The average Bonchev–Trinajstić information content (AvgIpc) is 2.78. The van der Waals surface area contributed by atoms with Gasteiger partial charge in [0, 0.05) is 31.7 Å². The number of aromatic nitrogens is 2. The van der Waals surface area contributed by atoms with Crippen LogP contribution < -0.4 is 0 Å². The van der Waals surface area contributed by atoms with Crippen LogP contribution in [-0.2, 0) is 0 Å². The maximum atomic E-state index is 9.08. The van der Waals surface area contributed by atoms with Gasteiger partial charge in [0.2, 0.25) is 0 Å². The van der Waals surface area contributed by atoms with Crippen LogP contribution in [0.2, 0.25) is 0 Å². The molecular formula is C11H17N3O. The fourth-order valence-electron chi connectivity index (χ4n) is 2.08. The van der Waals surface area contributed by atoms with Crippen molar-refractivity contribution in [2.75, 3.05) is 19.7 Å². The highest BCUT2D eigenvalue weighted by Crippen LogP contribution is 2.25. The molecule has 0 spiro atoms. The predicted octanol–water partition coefficient (Wildman–Crippen LogP) is 0.852. The summed E-state index contributed by atoms with van der Waals surface area (Å²) >= 11 is 0. The second-order valence-electron chi connectivity index (χ2n) is 4.14. The molecule has 0 unspecified atom stereocenters. The number of rotatable bonds is 3. The Balaban J connectivity index is 2.00. The highest BCUT2D eigenvalue weighted by molar-refractivity contribution is 5.02. The van der Waals surface area contributed by atoms with Gasteiger partial charge in [0.25, 0.3) is 0 Å². The first-order valence-electron chi connectivity index (χ1n) is 5.42. The van der Waals surface area contributed by atoms with Gasteiger partial charge in [0.1, 0.15) is 0 Å². The molecule has 0 bridgehead atoms. The molecule has 2 heterocycles. The molecule has 2 rings (SSSR count). The van der Waals surface area contributed by atoms with Gasteiger partial charge in [-0.3, -0.25) is 14.9 Å². The normalized spacial score (nSPS) is 24.3. The summed E-state index contributed by atoms with van der Waals surface area (Å²) in [5.41, 5.74) is 1.01. The van der Waals surface area contributed by atoms with Gasteiger partial charge in [-0.25, -0.2) is 0 Å². The smallest absolute Gasteiger partial charge is 0.0755 e. The Kier molecular flexibility index (Phi) is 3.28. The van der Waals surface area contributed by atoms with E-state index in [4.69, 9.17) is 5.11 Å². The highest BCUT2D eigenvalue weighted by Gasteiger charge is 2.26. The molecule has 1 aromatic heterocycles. The van der Waals surface area contributed by atoms with Gasteiger partial charge in [-0.2, -0.15) is 0 Å². The Morgan fingerprint density at radius 3 is 3.07 bits per heavy atom. The maximum Gasteiger partial charge on any atom is 0.0755 e. The van der Waals surface area contributed by atoms with Crippen molar-refractivity contribution in [3.63, 3.8) is 0 Å². The molecule has 1 N–H and O–H groups in total. The van der Waals surface area contributed by atoms with Crippen molar-refractivity contribution in [1.29, 1.82) is 0 Å². The number of nitrogens with zero attached hydrogens (tertiary/aromatic N) is 3. The molecule has 2 atom stereocenters. The lowest BCUT2D eigenvalue weighted by molar-refractivity contribution is 0.203. The number of hydrogen-bond acceptors (Lipinski definition) is 4. The van der Waals surface area contributed by atoms with Crippen LogP contribution in [0.25, 0.3) is 0 Å². The van der Waals surface area contributed by atoms with Gasteiger partial charge in [0.15, 0.2) is 0 Å². The molecule has 0 radical (unpaired) electrons. The first-order valence-corrected chi connectivity index (χ1v) is 5.42. The van der Waals surface area contributed by atoms with Crippen LogP contribution >= 0.6 is 0 Å². The minimum absolute atomic E-state index is 0.295. The molecule has 1 fully saturated rings. The van der Waals surface area contributed by atoms with Gasteiger partial charge in [-0.1, -0.05) is 0 Å². The van der Waals surface area contributed by atoms with E-state index in [1.165, 1.54) is 0 Å². The van der Waals surface area contributed by atoms with E-state index < -0.39 is 0 Å². The summed E-state index contributed by atoms with van der Waals surface area (Å²) in [5.74, 6) is 0.434. The van der Waals surface area contributed by atoms with Crippen molar-refractivity contribution < 1.29 is 5.11 Å². The Morgan fingerprint density at radius 2 is 2.47 bits per heavy atom. The van der Waals surface area contributed by atoms with Crippen molar-refractivity contribution in [3.8, 4) is 0 Å². The molecule has 0 aromatic carbocycles. The average molecular weight is 207 g/mol. The Labute approximate surface area is 90.0 Å². The number of likely N-dealkylation sites (tertiary alicyclic amines) is 1. The van der Waals surface area contributed by atoms with E-state index in [9.17, 15) is 0 Å². The second kappa shape index (κ2) is 4.68. The molecule has 0 amide bonds. The number of aliphatic hydroxyl groups is 1. The quantitative estimate of drug-likeness (QED) is 0.798. The topological polar surface area (TPSA) is 49.2 Å². The molecule has 15 heavy (non-hydrogen) atoms. The third-order valence-corrected chi connectivity index (χ3v) is 3.13. The maximum absolute atomic E-state index is 9.08. The summed E-state index contributed by atoms with van der Waals surface area (Å²) in [7, 11) is 0. The summed E-state index contributed by atoms with van der Waals surface area (Å²) in [6.45, 7) is 4.45. The molecule has 1 aromatic rings. The van der Waals surface area contributed by atoms with Crippen molar-refractivity contribution >= 4 is 0 Å². The summed E-state index contributed by atoms with van der Waals surface area (Å²) in [5, 5.41) is 9.08. The van der Waals surface area contributed by atoms with Gasteiger partial charge in [-0.05, 0) is 25.8 Å². The van der Waals surface area contributed by atoms with E-state index in [1.54, 1.807) is 12.4 Å². The van der Waals surface area contributed by atoms with E-state index in [0.717, 1.165) is 25.2 Å². The van der Waals surface area contributed by atoms with Crippen molar-refractivity contribution in [2.45, 2.75) is 19.4 Å². The largest absolute Gasteiger partial charge is 0.396 e. The van der Waals surface area contributed by atoms with E-state index in [2.05, 4.69) is 21.8 Å². The Bertz CT molecular complexity index is 304. The standard InChI is InChI=1S/C11H17N3O/c1-9(11-6-12-3-4-13-11)14-5-2-10(7-14)8-15/h3-4,6,9-10,15H,2,5,7-8H2,1H3/t9-,10-/m1/s1. The van der Waals surface area contributed by atoms with Crippen LogP contribution in [0.3, 0.4) is 0 Å².